The van der Waals surface area contributed by atoms with Crippen molar-refractivity contribution in [3.05, 3.63) is 29.5 Å². The number of aromatic carboxylic acids is 1. The summed E-state index contributed by atoms with van der Waals surface area (Å²) in [5.74, 6) is -0.979. The molecule has 0 saturated heterocycles. The summed E-state index contributed by atoms with van der Waals surface area (Å²) in [6, 6.07) is 1.59. The number of carbonyl (C=O) groups is 1. The van der Waals surface area contributed by atoms with Gasteiger partial charge in [0.2, 0.25) is 0 Å². The molecule has 2 heterocycles. The third kappa shape index (κ3) is 2.95. The second-order valence-corrected chi connectivity index (χ2v) is 3.65. The first-order chi connectivity index (χ1) is 7.68. The fourth-order valence-corrected chi connectivity index (χ4v) is 1.71. The lowest BCUT2D eigenvalue weighted by molar-refractivity contribution is 0.0697. The molecule has 0 saturated carbocycles. The number of nitrogen functional groups attached to an aromatic ring is 1. The average Bonchev–Trinajstić information content (AvgIpc) is 2.30. The molecular weight excluding hydrogens is 242 g/mol. The molecule has 1 aromatic rings. The molecule has 1 aliphatic rings. The van der Waals surface area contributed by atoms with E-state index < -0.39 is 5.97 Å². The Morgan fingerprint density at radius 3 is 2.88 bits per heavy atom. The maximum atomic E-state index is 10.9. The summed E-state index contributed by atoms with van der Waals surface area (Å²) >= 11 is 0. The lowest BCUT2D eigenvalue weighted by atomic mass is 10.0. The van der Waals surface area contributed by atoms with Gasteiger partial charge in [-0.1, -0.05) is 6.08 Å². The second-order valence-electron chi connectivity index (χ2n) is 3.65. The monoisotopic (exact) mass is 255 g/mol. The van der Waals surface area contributed by atoms with Crippen LogP contribution in [0, 0.1) is 0 Å². The molecule has 0 atom stereocenters. The highest BCUT2D eigenvalue weighted by Gasteiger charge is 2.13. The molecule has 0 bridgehead atoms. The number of aromatic nitrogens is 1. The van der Waals surface area contributed by atoms with Crippen LogP contribution in [0.4, 0.5) is 5.82 Å². The van der Waals surface area contributed by atoms with Gasteiger partial charge in [-0.2, -0.15) is 0 Å². The molecule has 4 N–H and O–H groups in total. The van der Waals surface area contributed by atoms with Crippen molar-refractivity contribution in [3.8, 4) is 0 Å². The minimum Gasteiger partial charge on any atom is -0.478 e. The molecule has 0 unspecified atom stereocenters. The zero-order chi connectivity index (χ0) is 11.5. The summed E-state index contributed by atoms with van der Waals surface area (Å²) in [7, 11) is 0. The highest BCUT2D eigenvalue weighted by molar-refractivity contribution is 5.93. The van der Waals surface area contributed by atoms with Crippen LogP contribution in [-0.4, -0.2) is 29.1 Å². The van der Waals surface area contributed by atoms with Crippen molar-refractivity contribution in [2.75, 3.05) is 18.8 Å². The minimum atomic E-state index is -1.04. The SMILES string of the molecule is Cl.Nc1ncc(C2=CCNCC2)cc1C(=O)O. The zero-order valence-corrected chi connectivity index (χ0v) is 9.96. The number of anilines is 1. The van der Waals surface area contributed by atoms with E-state index >= 15 is 0 Å². The van der Waals surface area contributed by atoms with Gasteiger partial charge in [0.1, 0.15) is 11.4 Å². The highest BCUT2D eigenvalue weighted by atomic mass is 35.5. The number of hydrogen-bond donors (Lipinski definition) is 3. The molecule has 92 valence electrons. The fourth-order valence-electron chi connectivity index (χ4n) is 1.71. The van der Waals surface area contributed by atoms with Crippen LogP contribution in [0.15, 0.2) is 18.3 Å². The molecule has 0 amide bonds. The number of nitrogens with one attached hydrogen (secondary N) is 1. The van der Waals surface area contributed by atoms with Crippen molar-refractivity contribution in [1.82, 2.24) is 10.3 Å². The van der Waals surface area contributed by atoms with Gasteiger partial charge in [-0.25, -0.2) is 9.78 Å². The number of pyridine rings is 1. The Bertz CT molecular complexity index is 460. The van der Waals surface area contributed by atoms with E-state index in [-0.39, 0.29) is 23.8 Å². The van der Waals surface area contributed by atoms with Gasteiger partial charge in [-0.05, 0) is 30.2 Å². The molecule has 6 heteroatoms. The Morgan fingerprint density at radius 2 is 2.29 bits per heavy atom. The van der Waals surface area contributed by atoms with E-state index in [1.807, 2.05) is 6.08 Å². The minimum absolute atomic E-state index is 0. The molecule has 0 spiro atoms. The average molecular weight is 256 g/mol. The number of halogens is 1. The van der Waals surface area contributed by atoms with Crippen LogP contribution in [0.5, 0.6) is 0 Å². The van der Waals surface area contributed by atoms with Crippen molar-refractivity contribution >= 4 is 29.8 Å². The van der Waals surface area contributed by atoms with Crippen LogP contribution in [-0.2, 0) is 0 Å². The van der Waals surface area contributed by atoms with Crippen molar-refractivity contribution in [2.45, 2.75) is 6.42 Å². The second kappa shape index (κ2) is 5.65. The lowest BCUT2D eigenvalue weighted by Crippen LogP contribution is -2.20. The molecule has 1 aromatic heterocycles. The Labute approximate surface area is 105 Å². The lowest BCUT2D eigenvalue weighted by Gasteiger charge is -2.14. The predicted octanol–water partition coefficient (Wildman–Crippen LogP) is 1.16. The van der Waals surface area contributed by atoms with E-state index in [1.165, 1.54) is 0 Å². The van der Waals surface area contributed by atoms with Crippen LogP contribution in [0.25, 0.3) is 5.57 Å². The number of carboxylic acid groups (broad SMARTS) is 1. The predicted molar refractivity (Wildman–Crippen MR) is 68.3 cm³/mol. The van der Waals surface area contributed by atoms with Crippen molar-refractivity contribution in [3.63, 3.8) is 0 Å². The Balaban J connectivity index is 0.00000144. The van der Waals surface area contributed by atoms with Gasteiger partial charge >= 0.3 is 5.97 Å². The van der Waals surface area contributed by atoms with E-state index in [1.54, 1.807) is 12.3 Å². The van der Waals surface area contributed by atoms with E-state index in [0.717, 1.165) is 30.6 Å². The first kappa shape index (κ1) is 13.5. The molecule has 0 fully saturated rings. The Hall–Kier alpha value is -1.59. The van der Waals surface area contributed by atoms with Crippen molar-refractivity contribution in [1.29, 1.82) is 0 Å². The van der Waals surface area contributed by atoms with E-state index in [2.05, 4.69) is 10.3 Å². The number of rotatable bonds is 2. The molecule has 5 nitrogen and oxygen atoms in total. The normalized spacial score (nSPS) is 14.7. The molecule has 0 aromatic carbocycles. The maximum Gasteiger partial charge on any atom is 0.339 e. The first-order valence-corrected chi connectivity index (χ1v) is 5.07. The molecule has 0 aliphatic carbocycles. The summed E-state index contributed by atoms with van der Waals surface area (Å²) < 4.78 is 0. The summed E-state index contributed by atoms with van der Waals surface area (Å²) in [6.07, 6.45) is 4.55. The standard InChI is InChI=1S/C11H13N3O2.ClH/c12-10-9(11(15)16)5-8(6-14-10)7-1-3-13-4-2-7;/h1,5-6,13H,2-4H2,(H2,12,14)(H,15,16);1H. The molecule has 0 radical (unpaired) electrons. The summed E-state index contributed by atoms with van der Waals surface area (Å²) in [6.45, 7) is 1.71. The smallest absolute Gasteiger partial charge is 0.339 e. The van der Waals surface area contributed by atoms with Crippen LogP contribution in [0.3, 0.4) is 0 Å². The largest absolute Gasteiger partial charge is 0.478 e. The van der Waals surface area contributed by atoms with Gasteiger partial charge in [0.05, 0.1) is 0 Å². The first-order valence-electron chi connectivity index (χ1n) is 5.07. The van der Waals surface area contributed by atoms with E-state index in [9.17, 15) is 4.79 Å². The third-order valence-electron chi connectivity index (χ3n) is 2.58. The number of hydrogen-bond acceptors (Lipinski definition) is 4. The number of carboxylic acids is 1. The zero-order valence-electron chi connectivity index (χ0n) is 9.14. The van der Waals surface area contributed by atoms with Gasteiger partial charge in [-0.15, -0.1) is 12.4 Å². The van der Waals surface area contributed by atoms with Crippen LogP contribution in [0.1, 0.15) is 22.3 Å². The Kier molecular flexibility index (Phi) is 4.48. The van der Waals surface area contributed by atoms with Crippen molar-refractivity contribution in [2.24, 2.45) is 0 Å². The van der Waals surface area contributed by atoms with Gasteiger partial charge < -0.3 is 16.2 Å². The van der Waals surface area contributed by atoms with E-state index in [4.69, 9.17) is 10.8 Å². The quantitative estimate of drug-likeness (QED) is 0.738. The van der Waals surface area contributed by atoms with Crippen molar-refractivity contribution < 1.29 is 9.90 Å². The maximum absolute atomic E-state index is 10.9. The Morgan fingerprint density at radius 1 is 1.53 bits per heavy atom. The summed E-state index contributed by atoms with van der Waals surface area (Å²) in [4.78, 5) is 14.8. The fraction of sp³-hybridized carbons (Fsp3) is 0.273. The number of nitrogens with zero attached hydrogens (tertiary/aromatic N) is 1. The van der Waals surface area contributed by atoms with Crippen LogP contribution < -0.4 is 11.1 Å². The summed E-state index contributed by atoms with van der Waals surface area (Å²) in [5, 5.41) is 12.1. The van der Waals surface area contributed by atoms with Gasteiger partial charge in [0, 0.05) is 12.7 Å². The van der Waals surface area contributed by atoms with Crippen LogP contribution >= 0.6 is 12.4 Å². The topological polar surface area (TPSA) is 88.2 Å². The molecule has 17 heavy (non-hydrogen) atoms. The van der Waals surface area contributed by atoms with Crippen LogP contribution in [0.2, 0.25) is 0 Å². The molecule has 1 aliphatic heterocycles. The summed E-state index contributed by atoms with van der Waals surface area (Å²) in [5.41, 5.74) is 7.52. The van der Waals surface area contributed by atoms with Gasteiger partial charge in [0.25, 0.3) is 0 Å². The molecule has 2 rings (SSSR count). The van der Waals surface area contributed by atoms with Gasteiger partial charge in [-0.3, -0.25) is 0 Å². The van der Waals surface area contributed by atoms with E-state index in [0.29, 0.717) is 0 Å². The molecular formula is C11H14ClN3O2. The van der Waals surface area contributed by atoms with Gasteiger partial charge in [0.15, 0.2) is 0 Å². The highest BCUT2D eigenvalue weighted by Crippen LogP contribution is 2.21. The number of nitrogens with two attached hydrogens (primary N) is 1. The third-order valence-corrected chi connectivity index (χ3v) is 2.58.